The molecule has 4 rings (SSSR count). The van der Waals surface area contributed by atoms with Crippen molar-refractivity contribution in [2.75, 3.05) is 45.8 Å². The van der Waals surface area contributed by atoms with Gasteiger partial charge in [-0.2, -0.15) is 0 Å². The largest absolute Gasteiger partial charge is 0.351 e. The van der Waals surface area contributed by atoms with Gasteiger partial charge in [0.1, 0.15) is 0 Å². The predicted molar refractivity (Wildman–Crippen MR) is 119 cm³/mol. The molecule has 7 nitrogen and oxygen atoms in total. The second-order valence-electron chi connectivity index (χ2n) is 8.35. The third-order valence-corrected chi connectivity index (χ3v) is 6.03. The Hall–Kier alpha value is -2.77. The van der Waals surface area contributed by atoms with Crippen LogP contribution in [0.2, 0.25) is 0 Å². The first-order chi connectivity index (χ1) is 15.2. The van der Waals surface area contributed by atoms with Crippen LogP contribution >= 0.6 is 0 Å². The van der Waals surface area contributed by atoms with E-state index in [1.165, 1.54) is 0 Å². The lowest BCUT2D eigenvalue weighted by Crippen LogP contribution is -2.49. The molecule has 2 amide bonds. The number of aromatic nitrogens is 1. The molecule has 1 N–H and O–H groups in total. The lowest BCUT2D eigenvalue weighted by Gasteiger charge is -2.34. The molecule has 0 aliphatic carbocycles. The van der Waals surface area contributed by atoms with Crippen molar-refractivity contribution in [2.45, 2.75) is 25.9 Å². The van der Waals surface area contributed by atoms with E-state index in [1.807, 2.05) is 47.5 Å². The van der Waals surface area contributed by atoms with Gasteiger partial charge in [0.2, 0.25) is 5.91 Å². The van der Waals surface area contributed by atoms with Gasteiger partial charge >= 0.3 is 0 Å². The van der Waals surface area contributed by atoms with Gasteiger partial charge in [0.25, 0.3) is 5.91 Å². The smallest absolute Gasteiger partial charge is 0.253 e. The minimum atomic E-state index is 0.0374. The number of amides is 2. The molecule has 1 aromatic heterocycles. The topological polar surface area (TPSA) is 68.8 Å². The van der Waals surface area contributed by atoms with Crippen molar-refractivity contribution in [2.24, 2.45) is 0 Å². The first-order valence-electron chi connectivity index (χ1n) is 11.2. The maximum atomic E-state index is 12.4. The third kappa shape index (κ3) is 6.12. The fourth-order valence-electron chi connectivity index (χ4n) is 4.15. The number of benzene rings is 1. The Bertz CT molecular complexity index is 857. The van der Waals surface area contributed by atoms with Crippen molar-refractivity contribution < 1.29 is 9.59 Å². The third-order valence-electron chi connectivity index (χ3n) is 6.03. The molecule has 7 heteroatoms. The van der Waals surface area contributed by atoms with Crippen LogP contribution in [-0.2, 0) is 17.9 Å². The van der Waals surface area contributed by atoms with E-state index in [2.05, 4.69) is 26.2 Å². The number of nitrogens with zero attached hydrogens (tertiary/aromatic N) is 4. The van der Waals surface area contributed by atoms with E-state index in [9.17, 15) is 9.59 Å². The molecule has 164 valence electrons. The highest BCUT2D eigenvalue weighted by Crippen LogP contribution is 2.13. The van der Waals surface area contributed by atoms with Gasteiger partial charge < -0.3 is 10.2 Å². The second-order valence-corrected chi connectivity index (χ2v) is 8.35. The number of carbonyl (C=O) groups excluding carboxylic acids is 2. The van der Waals surface area contributed by atoms with Gasteiger partial charge in [-0.1, -0.05) is 18.2 Å². The summed E-state index contributed by atoms with van der Waals surface area (Å²) in [5, 5.41) is 3.00. The molecule has 31 heavy (non-hydrogen) atoms. The van der Waals surface area contributed by atoms with Crippen molar-refractivity contribution in [3.05, 3.63) is 65.5 Å². The first-order valence-corrected chi connectivity index (χ1v) is 11.2. The Balaban J connectivity index is 1.16. The molecule has 1 aromatic carbocycles. The zero-order valence-corrected chi connectivity index (χ0v) is 18.0. The summed E-state index contributed by atoms with van der Waals surface area (Å²) in [4.78, 5) is 35.7. The highest BCUT2D eigenvalue weighted by molar-refractivity contribution is 5.94. The van der Waals surface area contributed by atoms with Crippen LogP contribution < -0.4 is 5.32 Å². The number of likely N-dealkylation sites (tertiary alicyclic amines) is 1. The van der Waals surface area contributed by atoms with Crippen molar-refractivity contribution in [3.63, 3.8) is 0 Å². The average molecular weight is 422 g/mol. The first kappa shape index (κ1) is 21.5. The van der Waals surface area contributed by atoms with E-state index < -0.39 is 0 Å². The van der Waals surface area contributed by atoms with E-state index in [0.29, 0.717) is 13.1 Å². The molecule has 0 unspecified atom stereocenters. The number of hydrogen-bond donors (Lipinski definition) is 1. The molecular formula is C24H31N5O2. The van der Waals surface area contributed by atoms with Gasteiger partial charge in [-0.05, 0) is 42.7 Å². The maximum absolute atomic E-state index is 12.4. The number of hydrogen-bond acceptors (Lipinski definition) is 5. The number of rotatable bonds is 7. The number of piperazine rings is 1. The van der Waals surface area contributed by atoms with E-state index in [1.54, 1.807) is 0 Å². The lowest BCUT2D eigenvalue weighted by molar-refractivity contribution is -0.122. The number of carbonyl (C=O) groups is 2. The minimum absolute atomic E-state index is 0.0374. The van der Waals surface area contributed by atoms with E-state index in [0.717, 1.165) is 75.5 Å². The van der Waals surface area contributed by atoms with Crippen LogP contribution in [0.25, 0.3) is 0 Å². The van der Waals surface area contributed by atoms with Crippen molar-refractivity contribution in [1.29, 1.82) is 0 Å². The van der Waals surface area contributed by atoms with Crippen LogP contribution in [0.4, 0.5) is 0 Å². The molecule has 2 aliphatic heterocycles. The molecule has 0 bridgehead atoms. The van der Waals surface area contributed by atoms with Crippen LogP contribution in [0.15, 0.2) is 48.7 Å². The van der Waals surface area contributed by atoms with Gasteiger partial charge in [0.05, 0.1) is 12.2 Å². The molecule has 3 heterocycles. The molecule has 2 saturated heterocycles. The van der Waals surface area contributed by atoms with E-state index >= 15 is 0 Å². The Morgan fingerprint density at radius 2 is 1.58 bits per heavy atom. The normalized spacial score (nSPS) is 17.6. The summed E-state index contributed by atoms with van der Waals surface area (Å²) in [6, 6.07) is 13.6. The van der Waals surface area contributed by atoms with Crippen LogP contribution in [0.1, 0.15) is 34.5 Å². The summed E-state index contributed by atoms with van der Waals surface area (Å²) in [5.41, 5.74) is 2.81. The summed E-state index contributed by atoms with van der Waals surface area (Å²) in [6.45, 7) is 7.12. The van der Waals surface area contributed by atoms with E-state index in [4.69, 9.17) is 0 Å². The molecule has 2 fully saturated rings. The Morgan fingerprint density at radius 1 is 0.871 bits per heavy atom. The highest BCUT2D eigenvalue weighted by atomic mass is 16.2. The Labute approximate surface area is 184 Å². The molecule has 0 atom stereocenters. The van der Waals surface area contributed by atoms with Crippen LogP contribution in [-0.4, -0.2) is 77.3 Å². The fourth-order valence-corrected chi connectivity index (χ4v) is 4.15. The number of pyridine rings is 1. The molecule has 0 spiro atoms. The maximum Gasteiger partial charge on any atom is 0.253 e. The molecule has 2 aliphatic rings. The zero-order chi connectivity index (χ0) is 21.5. The summed E-state index contributed by atoms with van der Waals surface area (Å²) >= 11 is 0. The molecule has 0 radical (unpaired) electrons. The standard InChI is InChI=1S/C24H31N5O2/c30-23(19-28-15-13-27(14-16-28)18-22-5-1-2-10-25-22)26-17-20-6-8-21(9-7-20)24(31)29-11-3-4-12-29/h1-2,5-10H,3-4,11-19H2,(H,26,30). The van der Waals surface area contributed by atoms with Gasteiger partial charge in [-0.25, -0.2) is 0 Å². The van der Waals surface area contributed by atoms with Gasteiger partial charge in [-0.3, -0.25) is 24.4 Å². The highest BCUT2D eigenvalue weighted by Gasteiger charge is 2.20. The average Bonchev–Trinajstić information content (AvgIpc) is 3.35. The van der Waals surface area contributed by atoms with Gasteiger partial charge in [0, 0.05) is 64.1 Å². The second kappa shape index (κ2) is 10.5. The summed E-state index contributed by atoms with van der Waals surface area (Å²) < 4.78 is 0. The SMILES string of the molecule is O=C(CN1CCN(Cc2ccccn2)CC1)NCc1ccc(C(=O)N2CCCC2)cc1. The summed E-state index contributed by atoms with van der Waals surface area (Å²) in [5.74, 6) is 0.144. The summed E-state index contributed by atoms with van der Waals surface area (Å²) in [7, 11) is 0. The summed E-state index contributed by atoms with van der Waals surface area (Å²) in [6.07, 6.45) is 4.01. The minimum Gasteiger partial charge on any atom is -0.351 e. The van der Waals surface area contributed by atoms with Crippen molar-refractivity contribution in [3.8, 4) is 0 Å². The lowest BCUT2D eigenvalue weighted by atomic mass is 10.1. The van der Waals surface area contributed by atoms with E-state index in [-0.39, 0.29) is 11.8 Å². The molecule has 2 aromatic rings. The Kier molecular flexibility index (Phi) is 7.27. The van der Waals surface area contributed by atoms with Crippen molar-refractivity contribution in [1.82, 2.24) is 25.0 Å². The van der Waals surface area contributed by atoms with Crippen LogP contribution in [0.3, 0.4) is 0 Å². The van der Waals surface area contributed by atoms with Crippen molar-refractivity contribution >= 4 is 11.8 Å². The quantitative estimate of drug-likeness (QED) is 0.738. The monoisotopic (exact) mass is 421 g/mol. The zero-order valence-electron chi connectivity index (χ0n) is 18.0. The Morgan fingerprint density at radius 3 is 2.26 bits per heavy atom. The molecular weight excluding hydrogens is 390 g/mol. The van der Waals surface area contributed by atoms with Crippen LogP contribution in [0, 0.1) is 0 Å². The van der Waals surface area contributed by atoms with Gasteiger partial charge in [-0.15, -0.1) is 0 Å². The fraction of sp³-hybridized carbons (Fsp3) is 0.458. The predicted octanol–water partition coefficient (Wildman–Crippen LogP) is 1.75. The molecule has 0 saturated carbocycles. The van der Waals surface area contributed by atoms with Crippen LogP contribution in [0.5, 0.6) is 0 Å². The van der Waals surface area contributed by atoms with Gasteiger partial charge in [0.15, 0.2) is 0 Å². The number of nitrogens with one attached hydrogen (secondary N) is 1.